The molecule has 7 nitrogen and oxygen atoms in total. The Bertz CT molecular complexity index is 418. The van der Waals surface area contributed by atoms with Crippen molar-refractivity contribution in [2.24, 2.45) is 5.92 Å². The summed E-state index contributed by atoms with van der Waals surface area (Å²) in [5, 5.41) is 20.7. The van der Waals surface area contributed by atoms with Crippen molar-refractivity contribution < 1.29 is 14.7 Å². The number of anilines is 1. The summed E-state index contributed by atoms with van der Waals surface area (Å²) in [6, 6.07) is -0.697. The SMILES string of the molecule is O=C(Nc1cn[nH]c1)NC1CCCCC1C(=O)O. The fraction of sp³-hybridized carbons (Fsp3) is 0.545. The van der Waals surface area contributed by atoms with Crippen molar-refractivity contribution in [1.29, 1.82) is 0 Å². The van der Waals surface area contributed by atoms with E-state index in [2.05, 4.69) is 20.8 Å². The number of rotatable bonds is 3. The molecule has 1 saturated carbocycles. The number of amides is 2. The van der Waals surface area contributed by atoms with Crippen molar-refractivity contribution in [3.63, 3.8) is 0 Å². The normalized spacial score (nSPS) is 23.3. The highest BCUT2D eigenvalue weighted by molar-refractivity contribution is 5.89. The van der Waals surface area contributed by atoms with E-state index in [4.69, 9.17) is 5.11 Å². The molecule has 7 heteroatoms. The van der Waals surface area contributed by atoms with Gasteiger partial charge in [-0.1, -0.05) is 12.8 Å². The lowest BCUT2D eigenvalue weighted by Crippen LogP contribution is -2.46. The molecule has 0 bridgehead atoms. The molecule has 1 aliphatic carbocycles. The molecule has 1 aliphatic rings. The van der Waals surface area contributed by atoms with Crippen LogP contribution in [0, 0.1) is 5.92 Å². The number of aromatic nitrogens is 2. The van der Waals surface area contributed by atoms with E-state index in [1.165, 1.54) is 6.20 Å². The van der Waals surface area contributed by atoms with Crippen LogP contribution in [0.1, 0.15) is 25.7 Å². The molecular formula is C11H16N4O3. The van der Waals surface area contributed by atoms with Crippen LogP contribution in [-0.2, 0) is 4.79 Å². The third kappa shape index (κ3) is 2.99. The molecule has 2 unspecified atom stereocenters. The highest BCUT2D eigenvalue weighted by Gasteiger charge is 2.31. The quantitative estimate of drug-likeness (QED) is 0.647. The summed E-state index contributed by atoms with van der Waals surface area (Å²) in [6.07, 6.45) is 6.20. The van der Waals surface area contributed by atoms with E-state index in [9.17, 15) is 9.59 Å². The molecular weight excluding hydrogens is 236 g/mol. The second kappa shape index (κ2) is 5.52. The summed E-state index contributed by atoms with van der Waals surface area (Å²) in [5.41, 5.74) is 0.551. The van der Waals surface area contributed by atoms with Crippen molar-refractivity contribution in [2.75, 3.05) is 5.32 Å². The predicted molar refractivity (Wildman–Crippen MR) is 64.1 cm³/mol. The number of nitrogens with zero attached hydrogens (tertiary/aromatic N) is 1. The number of hydrogen-bond donors (Lipinski definition) is 4. The number of hydrogen-bond acceptors (Lipinski definition) is 3. The lowest BCUT2D eigenvalue weighted by atomic mass is 9.84. The molecule has 2 rings (SSSR count). The lowest BCUT2D eigenvalue weighted by molar-refractivity contribution is -0.143. The molecule has 0 aliphatic heterocycles. The van der Waals surface area contributed by atoms with Crippen LogP contribution in [0.15, 0.2) is 12.4 Å². The second-order valence-corrected chi connectivity index (χ2v) is 4.42. The monoisotopic (exact) mass is 252 g/mol. The van der Waals surface area contributed by atoms with Gasteiger partial charge in [-0.3, -0.25) is 9.89 Å². The van der Waals surface area contributed by atoms with Gasteiger partial charge in [0.1, 0.15) is 0 Å². The molecule has 0 spiro atoms. The molecule has 18 heavy (non-hydrogen) atoms. The van der Waals surface area contributed by atoms with Crippen molar-refractivity contribution in [3.8, 4) is 0 Å². The zero-order valence-electron chi connectivity index (χ0n) is 9.85. The number of aliphatic carboxylic acids is 1. The van der Waals surface area contributed by atoms with Crippen molar-refractivity contribution in [2.45, 2.75) is 31.7 Å². The Labute approximate surface area is 104 Å². The van der Waals surface area contributed by atoms with Gasteiger partial charge in [-0.2, -0.15) is 5.10 Å². The van der Waals surface area contributed by atoms with Gasteiger partial charge in [0.2, 0.25) is 0 Å². The standard InChI is InChI=1S/C11H16N4O3/c16-10(17)8-3-1-2-4-9(8)15-11(18)14-7-5-12-13-6-7/h5-6,8-9H,1-4H2,(H,12,13)(H,16,17)(H2,14,15,18). The van der Waals surface area contributed by atoms with Crippen LogP contribution in [0.2, 0.25) is 0 Å². The molecule has 2 atom stereocenters. The first-order valence-electron chi connectivity index (χ1n) is 5.96. The Balaban J connectivity index is 1.90. The Hall–Kier alpha value is -2.05. The average Bonchev–Trinajstić information content (AvgIpc) is 2.82. The van der Waals surface area contributed by atoms with Gasteiger partial charge in [0.25, 0.3) is 0 Å². The minimum absolute atomic E-state index is 0.303. The van der Waals surface area contributed by atoms with Crippen LogP contribution in [0.25, 0.3) is 0 Å². The lowest BCUT2D eigenvalue weighted by Gasteiger charge is -2.29. The molecule has 4 N–H and O–H groups in total. The number of carbonyl (C=O) groups is 2. The third-order valence-corrected chi connectivity index (χ3v) is 3.16. The maximum absolute atomic E-state index is 11.7. The van der Waals surface area contributed by atoms with Gasteiger partial charge in [0.05, 0.1) is 17.8 Å². The van der Waals surface area contributed by atoms with E-state index in [0.29, 0.717) is 18.5 Å². The van der Waals surface area contributed by atoms with Gasteiger partial charge in [-0.05, 0) is 12.8 Å². The summed E-state index contributed by atoms with van der Waals surface area (Å²) in [4.78, 5) is 22.8. The van der Waals surface area contributed by atoms with E-state index in [1.54, 1.807) is 6.20 Å². The molecule has 0 saturated heterocycles. The summed E-state index contributed by atoms with van der Waals surface area (Å²) in [6.45, 7) is 0. The van der Waals surface area contributed by atoms with E-state index >= 15 is 0 Å². The first-order chi connectivity index (χ1) is 8.66. The Morgan fingerprint density at radius 3 is 2.83 bits per heavy atom. The van der Waals surface area contributed by atoms with Gasteiger partial charge >= 0.3 is 12.0 Å². The third-order valence-electron chi connectivity index (χ3n) is 3.16. The van der Waals surface area contributed by atoms with Crippen LogP contribution < -0.4 is 10.6 Å². The number of nitrogens with one attached hydrogen (secondary N) is 3. The summed E-state index contributed by atoms with van der Waals surface area (Å²) >= 11 is 0. The van der Waals surface area contributed by atoms with Gasteiger partial charge < -0.3 is 15.7 Å². The van der Waals surface area contributed by atoms with Gasteiger partial charge in [0.15, 0.2) is 0 Å². The number of urea groups is 1. The molecule has 2 amide bonds. The fourth-order valence-electron chi connectivity index (χ4n) is 2.25. The maximum Gasteiger partial charge on any atom is 0.319 e. The first-order valence-corrected chi connectivity index (χ1v) is 5.96. The summed E-state index contributed by atoms with van der Waals surface area (Å²) < 4.78 is 0. The van der Waals surface area contributed by atoms with Gasteiger partial charge in [0, 0.05) is 12.2 Å². The van der Waals surface area contributed by atoms with E-state index < -0.39 is 17.9 Å². The van der Waals surface area contributed by atoms with Crippen LogP contribution >= 0.6 is 0 Å². The minimum Gasteiger partial charge on any atom is -0.481 e. The highest BCUT2D eigenvalue weighted by atomic mass is 16.4. The number of carboxylic acids is 1. The van der Waals surface area contributed by atoms with E-state index in [-0.39, 0.29) is 6.04 Å². The summed E-state index contributed by atoms with van der Waals surface area (Å²) in [7, 11) is 0. The largest absolute Gasteiger partial charge is 0.481 e. The smallest absolute Gasteiger partial charge is 0.319 e. The Morgan fingerprint density at radius 1 is 1.39 bits per heavy atom. The van der Waals surface area contributed by atoms with Gasteiger partial charge in [-0.15, -0.1) is 0 Å². The first kappa shape index (κ1) is 12.4. The Morgan fingerprint density at radius 2 is 2.17 bits per heavy atom. The maximum atomic E-state index is 11.7. The molecule has 1 heterocycles. The van der Waals surface area contributed by atoms with Crippen molar-refractivity contribution >= 4 is 17.7 Å². The number of aromatic amines is 1. The van der Waals surface area contributed by atoms with Crippen LogP contribution in [0.3, 0.4) is 0 Å². The summed E-state index contributed by atoms with van der Waals surface area (Å²) in [5.74, 6) is -1.34. The minimum atomic E-state index is -0.844. The molecule has 1 aromatic heterocycles. The van der Waals surface area contributed by atoms with E-state index in [1.807, 2.05) is 0 Å². The fourth-order valence-corrected chi connectivity index (χ4v) is 2.25. The number of carboxylic acid groups (broad SMARTS) is 1. The predicted octanol–water partition coefficient (Wildman–Crippen LogP) is 1.17. The van der Waals surface area contributed by atoms with Crippen molar-refractivity contribution in [1.82, 2.24) is 15.5 Å². The molecule has 0 aromatic carbocycles. The molecule has 0 radical (unpaired) electrons. The molecule has 1 aromatic rings. The Kier molecular flexibility index (Phi) is 3.81. The van der Waals surface area contributed by atoms with E-state index in [0.717, 1.165) is 12.8 Å². The zero-order chi connectivity index (χ0) is 13.0. The molecule has 98 valence electrons. The second-order valence-electron chi connectivity index (χ2n) is 4.42. The number of carbonyl (C=O) groups excluding carboxylic acids is 1. The zero-order valence-corrected chi connectivity index (χ0v) is 9.85. The van der Waals surface area contributed by atoms with Crippen molar-refractivity contribution in [3.05, 3.63) is 12.4 Å². The van der Waals surface area contributed by atoms with Crippen LogP contribution in [0.4, 0.5) is 10.5 Å². The van der Waals surface area contributed by atoms with Gasteiger partial charge in [-0.25, -0.2) is 4.79 Å². The highest BCUT2D eigenvalue weighted by Crippen LogP contribution is 2.24. The topological polar surface area (TPSA) is 107 Å². The van der Waals surface area contributed by atoms with Crippen LogP contribution in [0.5, 0.6) is 0 Å². The van der Waals surface area contributed by atoms with Crippen LogP contribution in [-0.4, -0.2) is 33.3 Å². The number of H-pyrrole nitrogens is 1. The molecule has 1 fully saturated rings. The average molecular weight is 252 g/mol.